The van der Waals surface area contributed by atoms with E-state index in [1.807, 2.05) is 0 Å². The minimum absolute atomic E-state index is 0.151. The molecule has 13 aliphatic rings. The summed E-state index contributed by atoms with van der Waals surface area (Å²) in [6.07, 6.45) is 7.29. The summed E-state index contributed by atoms with van der Waals surface area (Å²) in [6, 6.07) is 72.6. The average molecular weight is 885 g/mol. The molecule has 0 N–H and O–H groups in total. The van der Waals surface area contributed by atoms with Crippen molar-refractivity contribution in [1.82, 2.24) is 0 Å². The molecule has 10 aromatic rings. The molecule has 0 heteroatoms. The standard InChI is InChI=1S/C70H44/c1-9-25-43-35(17-1)55-36-18-2-10-26-44(36)59(43)67-63(55)51-33-53-54(34-52(51)64-56-37-19-3-11-27-45(37)60(68(64)67)46-28-12-4-20-38(46)56)66-58-41-23-7-15-31-49(41)62(50-32-16-8-24-42(50)58)70(66)69-61-47-29-13-5-21-39(47)57(65(53)69)40-22-6-14-30-48(40)61/h1-15,17-31,33-34,55-62H,16,32H2. The smallest absolute Gasteiger partial charge is 0.0355 e. The van der Waals surface area contributed by atoms with Gasteiger partial charge in [0.15, 0.2) is 0 Å². The lowest BCUT2D eigenvalue weighted by Crippen LogP contribution is -2.36. The van der Waals surface area contributed by atoms with Crippen molar-refractivity contribution in [1.29, 1.82) is 0 Å². The number of allylic oxidation sites excluding steroid dienone is 4. The van der Waals surface area contributed by atoms with E-state index in [1.54, 1.807) is 61.2 Å². The first-order valence-corrected chi connectivity index (χ1v) is 26.0. The molecule has 0 saturated carbocycles. The van der Waals surface area contributed by atoms with E-state index >= 15 is 0 Å². The van der Waals surface area contributed by atoms with Gasteiger partial charge in [0.25, 0.3) is 0 Å². The van der Waals surface area contributed by atoms with Crippen LogP contribution in [0.4, 0.5) is 0 Å². The SMILES string of the molecule is C1=CC2=C(CC1)C1c3ccccc3C2c2c1c1c(c3cc4c5c(c6c(c4cc23)C2c3ccccc3C6c3ccccc32)C2c3ccccc3C5c3ccccc32)C2c3ccccc3C1c1ccccc12. The van der Waals surface area contributed by atoms with E-state index in [9.17, 15) is 0 Å². The third-order valence-electron chi connectivity index (χ3n) is 19.6. The number of fused-ring (bicyclic) bond motifs is 2. The van der Waals surface area contributed by atoms with Crippen LogP contribution in [0, 0.1) is 0 Å². The highest BCUT2D eigenvalue weighted by Crippen LogP contribution is 2.69. The lowest BCUT2D eigenvalue weighted by molar-refractivity contribution is 0.668. The molecule has 0 nitrogen and oxygen atoms in total. The molecular weight excluding hydrogens is 841 g/mol. The Morgan fingerprint density at radius 2 is 0.471 bits per heavy atom. The van der Waals surface area contributed by atoms with Crippen molar-refractivity contribution in [3.05, 3.63) is 328 Å². The molecule has 13 aliphatic carbocycles. The number of benzene rings is 10. The maximum atomic E-state index is 2.82. The van der Waals surface area contributed by atoms with E-state index < -0.39 is 0 Å². The summed E-state index contributed by atoms with van der Waals surface area (Å²) < 4.78 is 0. The van der Waals surface area contributed by atoms with Gasteiger partial charge in [-0.2, -0.15) is 0 Å². The molecule has 2 atom stereocenters. The molecule has 324 valence electrons. The summed E-state index contributed by atoms with van der Waals surface area (Å²) in [4.78, 5) is 0. The topological polar surface area (TPSA) is 0 Å². The van der Waals surface area contributed by atoms with Crippen molar-refractivity contribution >= 4 is 21.5 Å². The first-order valence-electron chi connectivity index (χ1n) is 26.0. The van der Waals surface area contributed by atoms with Crippen LogP contribution in [0.5, 0.6) is 0 Å². The molecule has 0 saturated heterocycles. The molecule has 0 fully saturated rings. The van der Waals surface area contributed by atoms with Crippen LogP contribution in [0.15, 0.2) is 205 Å². The van der Waals surface area contributed by atoms with Crippen LogP contribution in [0.3, 0.4) is 0 Å². The zero-order valence-electron chi connectivity index (χ0n) is 38.5. The second-order valence-corrected chi connectivity index (χ2v) is 22.0. The second-order valence-electron chi connectivity index (χ2n) is 22.0. The van der Waals surface area contributed by atoms with Crippen LogP contribution in [-0.2, 0) is 0 Å². The summed E-state index contributed by atoms with van der Waals surface area (Å²) in [6.45, 7) is 0. The molecule has 70 heavy (non-hydrogen) atoms. The number of hydrogen-bond donors (Lipinski definition) is 0. The predicted molar refractivity (Wildman–Crippen MR) is 281 cm³/mol. The highest BCUT2D eigenvalue weighted by molar-refractivity contribution is 6.10. The highest BCUT2D eigenvalue weighted by Gasteiger charge is 2.53. The van der Waals surface area contributed by atoms with Gasteiger partial charge in [0, 0.05) is 47.3 Å². The van der Waals surface area contributed by atoms with Crippen LogP contribution < -0.4 is 0 Å². The second kappa shape index (κ2) is 12.3. The molecule has 8 bridgehead atoms. The third-order valence-corrected chi connectivity index (χ3v) is 19.6. The summed E-state index contributed by atoms with van der Waals surface area (Å²) in [5.41, 5.74) is 37.1. The molecule has 0 radical (unpaired) electrons. The summed E-state index contributed by atoms with van der Waals surface area (Å²) in [5.74, 6) is 1.44. The fraction of sp³-hybridized carbons (Fsp3) is 0.143. The minimum Gasteiger partial charge on any atom is -0.0839 e. The van der Waals surface area contributed by atoms with Gasteiger partial charge < -0.3 is 0 Å². The van der Waals surface area contributed by atoms with Gasteiger partial charge >= 0.3 is 0 Å². The first-order chi connectivity index (χ1) is 34.8. The zero-order valence-corrected chi connectivity index (χ0v) is 38.5. The van der Waals surface area contributed by atoms with Crippen LogP contribution in [-0.4, -0.2) is 0 Å². The molecule has 0 amide bonds. The largest absolute Gasteiger partial charge is 0.0839 e. The summed E-state index contributed by atoms with van der Waals surface area (Å²) >= 11 is 0. The molecule has 0 aromatic heterocycles. The van der Waals surface area contributed by atoms with E-state index in [0.717, 1.165) is 12.8 Å². The van der Waals surface area contributed by atoms with E-state index in [-0.39, 0.29) is 47.3 Å². The van der Waals surface area contributed by atoms with E-state index in [4.69, 9.17) is 0 Å². The van der Waals surface area contributed by atoms with Crippen LogP contribution in [0.2, 0.25) is 0 Å². The lowest BCUT2D eigenvalue weighted by atomic mass is 9.51. The highest BCUT2D eigenvalue weighted by atomic mass is 14.6. The van der Waals surface area contributed by atoms with Gasteiger partial charge in [-0.1, -0.05) is 188 Å². The maximum absolute atomic E-state index is 2.82. The number of hydrogen-bond acceptors (Lipinski definition) is 0. The molecule has 2 unspecified atom stereocenters. The van der Waals surface area contributed by atoms with E-state index in [1.165, 1.54) is 93.9 Å². The maximum Gasteiger partial charge on any atom is 0.0355 e. The molecule has 0 heterocycles. The van der Waals surface area contributed by atoms with Gasteiger partial charge in [0.05, 0.1) is 0 Å². The zero-order chi connectivity index (χ0) is 44.8. The number of rotatable bonds is 0. The van der Waals surface area contributed by atoms with Crippen LogP contribution >= 0.6 is 0 Å². The van der Waals surface area contributed by atoms with Gasteiger partial charge in [-0.15, -0.1) is 0 Å². The third kappa shape index (κ3) is 3.91. The van der Waals surface area contributed by atoms with Crippen molar-refractivity contribution in [2.45, 2.75) is 60.2 Å². The Bertz CT molecular complexity index is 4100. The van der Waals surface area contributed by atoms with Crippen molar-refractivity contribution in [3.8, 4) is 0 Å². The molecule has 23 rings (SSSR count). The quantitative estimate of drug-likeness (QED) is 0.133. The van der Waals surface area contributed by atoms with E-state index in [0.29, 0.717) is 0 Å². The molecule has 10 aromatic carbocycles. The Kier molecular flexibility index (Phi) is 6.37. The van der Waals surface area contributed by atoms with Gasteiger partial charge in [0.2, 0.25) is 0 Å². The van der Waals surface area contributed by atoms with Crippen molar-refractivity contribution in [2.75, 3.05) is 0 Å². The van der Waals surface area contributed by atoms with E-state index in [2.05, 4.69) is 194 Å². The first kappa shape index (κ1) is 36.2. The Balaban J connectivity index is 1.04. The normalized spacial score (nSPS) is 24.6. The van der Waals surface area contributed by atoms with Crippen LogP contribution in [0.1, 0.15) is 183 Å². The van der Waals surface area contributed by atoms with Gasteiger partial charge in [-0.25, -0.2) is 0 Å². The molecular formula is C70H44. The Morgan fingerprint density at radius 1 is 0.243 bits per heavy atom. The van der Waals surface area contributed by atoms with Gasteiger partial charge in [0.1, 0.15) is 0 Å². The Morgan fingerprint density at radius 3 is 0.771 bits per heavy atom. The minimum atomic E-state index is 0.151. The fourth-order valence-corrected chi connectivity index (χ4v) is 17.6. The van der Waals surface area contributed by atoms with Crippen LogP contribution in [0.25, 0.3) is 21.5 Å². The predicted octanol–water partition coefficient (Wildman–Crippen LogP) is 16.2. The van der Waals surface area contributed by atoms with Gasteiger partial charge in [-0.05, 0) is 174 Å². The Hall–Kier alpha value is -7.80. The Labute approximate surface area is 407 Å². The lowest BCUT2D eigenvalue weighted by Gasteiger charge is -2.51. The molecule has 0 spiro atoms. The average Bonchev–Trinajstić information content (AvgIpc) is 3.46. The van der Waals surface area contributed by atoms with Crippen molar-refractivity contribution < 1.29 is 0 Å². The van der Waals surface area contributed by atoms with Crippen molar-refractivity contribution in [2.24, 2.45) is 0 Å². The van der Waals surface area contributed by atoms with Gasteiger partial charge in [-0.3, -0.25) is 0 Å². The summed E-state index contributed by atoms with van der Waals surface area (Å²) in [7, 11) is 0. The molecule has 0 aliphatic heterocycles. The fourth-order valence-electron chi connectivity index (χ4n) is 17.6. The van der Waals surface area contributed by atoms with Crippen molar-refractivity contribution in [3.63, 3.8) is 0 Å². The monoisotopic (exact) mass is 884 g/mol. The summed E-state index contributed by atoms with van der Waals surface area (Å²) in [5, 5.41) is 5.94.